The first-order valence-electron chi connectivity index (χ1n) is 10.6. The number of H-pyrrole nitrogens is 1. The van der Waals surface area contributed by atoms with E-state index in [1.165, 1.54) is 0 Å². The second kappa shape index (κ2) is 8.51. The topological polar surface area (TPSA) is 66.3 Å². The highest BCUT2D eigenvalue weighted by atomic mass is 16.2. The largest absolute Gasteiger partial charge is 0.347 e. The lowest BCUT2D eigenvalue weighted by molar-refractivity contribution is 0.0718. The molecule has 0 aliphatic heterocycles. The van der Waals surface area contributed by atoms with Crippen molar-refractivity contribution in [3.8, 4) is 11.1 Å². The van der Waals surface area contributed by atoms with E-state index in [1.807, 2.05) is 71.0 Å². The molecule has 0 aliphatic carbocycles. The minimum Gasteiger partial charge on any atom is -0.347 e. The SMILES string of the molecule is Cc1nc2ccccn2c1C(=O)N(Cc1ncc[nH]1)Cc1ccccc1-c1ccccc1. The monoisotopic (exact) mass is 421 g/mol. The Balaban J connectivity index is 1.56. The van der Waals surface area contributed by atoms with Crippen LogP contribution in [-0.4, -0.2) is 30.2 Å². The lowest BCUT2D eigenvalue weighted by Gasteiger charge is -2.23. The number of imidazole rings is 2. The Bertz CT molecular complexity index is 1360. The third-order valence-electron chi connectivity index (χ3n) is 5.55. The summed E-state index contributed by atoms with van der Waals surface area (Å²) in [5.74, 6) is 0.655. The molecule has 0 fully saturated rings. The Kier molecular flexibility index (Phi) is 5.25. The third-order valence-corrected chi connectivity index (χ3v) is 5.55. The number of aromatic amines is 1. The van der Waals surface area contributed by atoms with Gasteiger partial charge in [-0.2, -0.15) is 0 Å². The number of benzene rings is 2. The van der Waals surface area contributed by atoms with E-state index in [-0.39, 0.29) is 5.91 Å². The fraction of sp³-hybridized carbons (Fsp3) is 0.115. The Labute approximate surface area is 186 Å². The summed E-state index contributed by atoms with van der Waals surface area (Å²) in [6.07, 6.45) is 5.36. The summed E-state index contributed by atoms with van der Waals surface area (Å²) >= 11 is 0. The molecule has 0 aliphatic rings. The number of fused-ring (bicyclic) bond motifs is 1. The maximum Gasteiger partial charge on any atom is 0.273 e. The molecule has 1 N–H and O–H groups in total. The highest BCUT2D eigenvalue weighted by Crippen LogP contribution is 2.26. The summed E-state index contributed by atoms with van der Waals surface area (Å²) < 4.78 is 1.86. The zero-order valence-corrected chi connectivity index (χ0v) is 17.8. The van der Waals surface area contributed by atoms with Crippen LogP contribution in [0.15, 0.2) is 91.4 Å². The van der Waals surface area contributed by atoms with Gasteiger partial charge < -0.3 is 9.88 Å². The summed E-state index contributed by atoms with van der Waals surface area (Å²) in [5, 5.41) is 0. The van der Waals surface area contributed by atoms with E-state index in [1.54, 1.807) is 12.4 Å². The molecule has 0 atom stereocenters. The van der Waals surface area contributed by atoms with Crippen LogP contribution in [0.3, 0.4) is 0 Å². The summed E-state index contributed by atoms with van der Waals surface area (Å²) in [5.41, 5.74) is 5.35. The predicted molar refractivity (Wildman–Crippen MR) is 124 cm³/mol. The van der Waals surface area contributed by atoms with E-state index < -0.39 is 0 Å². The standard InChI is InChI=1S/C26H23N5O/c1-19-25(31-16-8-7-13-24(31)29-19)26(32)30(18-23-27-14-15-28-23)17-21-11-5-6-12-22(21)20-9-3-2-4-10-20/h2-16H,17-18H2,1H3,(H,27,28). The third kappa shape index (κ3) is 3.78. The molecule has 6 heteroatoms. The first-order valence-corrected chi connectivity index (χ1v) is 10.6. The summed E-state index contributed by atoms with van der Waals surface area (Å²) in [7, 11) is 0. The molecule has 0 bridgehead atoms. The fourth-order valence-corrected chi connectivity index (χ4v) is 4.05. The Hall–Kier alpha value is -4.19. The minimum atomic E-state index is -0.0829. The molecular weight excluding hydrogens is 398 g/mol. The van der Waals surface area contributed by atoms with Gasteiger partial charge in [0.1, 0.15) is 17.2 Å². The minimum absolute atomic E-state index is 0.0829. The number of carbonyl (C=O) groups is 1. The van der Waals surface area contributed by atoms with E-state index in [0.717, 1.165) is 28.2 Å². The summed E-state index contributed by atoms with van der Waals surface area (Å²) in [6.45, 7) is 2.70. The van der Waals surface area contributed by atoms with Crippen LogP contribution < -0.4 is 0 Å². The van der Waals surface area contributed by atoms with Gasteiger partial charge in [-0.1, -0.05) is 60.7 Å². The molecule has 3 heterocycles. The van der Waals surface area contributed by atoms with Crippen LogP contribution in [0, 0.1) is 6.92 Å². The maximum atomic E-state index is 13.8. The molecular formula is C26H23N5O. The number of aryl methyl sites for hydroxylation is 1. The average molecular weight is 422 g/mol. The smallest absolute Gasteiger partial charge is 0.273 e. The van der Waals surface area contributed by atoms with Gasteiger partial charge in [-0.3, -0.25) is 9.20 Å². The Morgan fingerprint density at radius 2 is 1.75 bits per heavy atom. The van der Waals surface area contributed by atoms with Crippen molar-refractivity contribution < 1.29 is 4.79 Å². The molecule has 0 radical (unpaired) electrons. The van der Waals surface area contributed by atoms with Crippen LogP contribution in [-0.2, 0) is 13.1 Å². The average Bonchev–Trinajstić information content (AvgIpc) is 3.46. The van der Waals surface area contributed by atoms with Gasteiger partial charge in [0.2, 0.25) is 0 Å². The number of rotatable bonds is 6. The molecule has 32 heavy (non-hydrogen) atoms. The first-order chi connectivity index (χ1) is 15.7. The Morgan fingerprint density at radius 3 is 2.56 bits per heavy atom. The highest BCUT2D eigenvalue weighted by Gasteiger charge is 2.24. The number of aromatic nitrogens is 4. The second-order valence-corrected chi connectivity index (χ2v) is 7.69. The lowest BCUT2D eigenvalue weighted by atomic mass is 9.99. The van der Waals surface area contributed by atoms with Crippen molar-refractivity contribution in [3.63, 3.8) is 0 Å². The number of amides is 1. The molecule has 6 nitrogen and oxygen atoms in total. The van der Waals surface area contributed by atoms with Gasteiger partial charge in [-0.05, 0) is 35.7 Å². The number of nitrogens with one attached hydrogen (secondary N) is 1. The van der Waals surface area contributed by atoms with Gasteiger partial charge in [-0.15, -0.1) is 0 Å². The van der Waals surface area contributed by atoms with Crippen molar-refractivity contribution in [2.75, 3.05) is 0 Å². The summed E-state index contributed by atoms with van der Waals surface area (Å²) in [4.78, 5) is 27.7. The van der Waals surface area contributed by atoms with Gasteiger partial charge in [0.05, 0.1) is 12.2 Å². The highest BCUT2D eigenvalue weighted by molar-refractivity contribution is 5.94. The quantitative estimate of drug-likeness (QED) is 0.425. The first kappa shape index (κ1) is 19.8. The molecule has 0 saturated heterocycles. The second-order valence-electron chi connectivity index (χ2n) is 7.69. The van der Waals surface area contributed by atoms with Crippen LogP contribution in [0.2, 0.25) is 0 Å². The fourth-order valence-electron chi connectivity index (χ4n) is 4.05. The number of hydrogen-bond acceptors (Lipinski definition) is 3. The Morgan fingerprint density at radius 1 is 0.969 bits per heavy atom. The molecule has 0 spiro atoms. The van der Waals surface area contributed by atoms with E-state index in [4.69, 9.17) is 0 Å². The van der Waals surface area contributed by atoms with Crippen molar-refractivity contribution in [1.29, 1.82) is 0 Å². The van der Waals surface area contributed by atoms with Crippen molar-refractivity contribution in [2.24, 2.45) is 0 Å². The van der Waals surface area contributed by atoms with Crippen LogP contribution >= 0.6 is 0 Å². The lowest BCUT2D eigenvalue weighted by Crippen LogP contribution is -2.32. The van der Waals surface area contributed by atoms with Gasteiger partial charge in [0.15, 0.2) is 0 Å². The zero-order chi connectivity index (χ0) is 21.9. The van der Waals surface area contributed by atoms with E-state index in [9.17, 15) is 4.79 Å². The van der Waals surface area contributed by atoms with E-state index in [0.29, 0.717) is 24.5 Å². The van der Waals surface area contributed by atoms with Crippen molar-refractivity contribution >= 4 is 11.6 Å². The van der Waals surface area contributed by atoms with Crippen LogP contribution in [0.1, 0.15) is 27.6 Å². The van der Waals surface area contributed by atoms with Gasteiger partial charge >= 0.3 is 0 Å². The van der Waals surface area contributed by atoms with E-state index in [2.05, 4.69) is 39.2 Å². The molecule has 1 amide bonds. The zero-order valence-electron chi connectivity index (χ0n) is 17.8. The molecule has 5 rings (SSSR count). The van der Waals surface area contributed by atoms with Crippen LogP contribution in [0.5, 0.6) is 0 Å². The molecule has 5 aromatic rings. The number of pyridine rings is 1. The maximum absolute atomic E-state index is 13.8. The van der Waals surface area contributed by atoms with Crippen molar-refractivity contribution in [3.05, 3.63) is 114 Å². The summed E-state index contributed by atoms with van der Waals surface area (Å²) in [6, 6.07) is 24.2. The number of hydrogen-bond donors (Lipinski definition) is 1. The normalized spacial score (nSPS) is 11.0. The van der Waals surface area contributed by atoms with Crippen LogP contribution in [0.25, 0.3) is 16.8 Å². The van der Waals surface area contributed by atoms with Crippen molar-refractivity contribution in [1.82, 2.24) is 24.3 Å². The van der Waals surface area contributed by atoms with Crippen molar-refractivity contribution in [2.45, 2.75) is 20.0 Å². The van der Waals surface area contributed by atoms with Gasteiger partial charge in [0, 0.05) is 25.1 Å². The number of carbonyl (C=O) groups excluding carboxylic acids is 1. The number of nitrogens with zero attached hydrogens (tertiary/aromatic N) is 4. The van der Waals surface area contributed by atoms with Gasteiger partial charge in [-0.25, -0.2) is 9.97 Å². The molecule has 0 unspecified atom stereocenters. The van der Waals surface area contributed by atoms with Crippen LogP contribution in [0.4, 0.5) is 0 Å². The molecule has 3 aromatic heterocycles. The predicted octanol–water partition coefficient (Wildman–Crippen LogP) is 4.88. The van der Waals surface area contributed by atoms with Gasteiger partial charge in [0.25, 0.3) is 5.91 Å². The molecule has 2 aromatic carbocycles. The van der Waals surface area contributed by atoms with E-state index >= 15 is 0 Å². The molecule has 158 valence electrons. The molecule has 0 saturated carbocycles.